The Balaban J connectivity index is 2.44. The molecule has 1 aliphatic rings. The van der Waals surface area contributed by atoms with E-state index in [-0.39, 0.29) is 0 Å². The number of rotatable bonds is 10. The van der Waals surface area contributed by atoms with Gasteiger partial charge < -0.3 is 10.1 Å². The Morgan fingerprint density at radius 2 is 1.78 bits per heavy atom. The minimum atomic E-state index is 0.531. The maximum Gasteiger partial charge on any atom is 0.0630 e. The molecule has 1 N–H and O–H groups in total. The van der Waals surface area contributed by atoms with E-state index in [4.69, 9.17) is 4.74 Å². The lowest BCUT2D eigenvalue weighted by Gasteiger charge is -2.33. The van der Waals surface area contributed by atoms with Crippen LogP contribution in [0.1, 0.15) is 40.5 Å². The van der Waals surface area contributed by atoms with Crippen LogP contribution in [0.25, 0.3) is 0 Å². The number of hydrogen-bond donors (Lipinski definition) is 1. The average molecular weight is 256 g/mol. The van der Waals surface area contributed by atoms with E-state index >= 15 is 0 Å². The van der Waals surface area contributed by atoms with Crippen LogP contribution >= 0.6 is 0 Å². The van der Waals surface area contributed by atoms with Crippen molar-refractivity contribution in [2.24, 2.45) is 11.8 Å². The second-order valence-corrected chi connectivity index (χ2v) is 6.48. The predicted molar refractivity (Wildman–Crippen MR) is 77.9 cm³/mol. The molecular weight excluding hydrogens is 224 g/mol. The molecule has 0 bridgehead atoms. The second kappa shape index (κ2) is 8.13. The third kappa shape index (κ3) is 6.17. The fourth-order valence-electron chi connectivity index (χ4n) is 2.43. The van der Waals surface area contributed by atoms with Crippen molar-refractivity contribution in [3.8, 4) is 0 Å². The maximum absolute atomic E-state index is 5.42. The number of nitrogens with one attached hydrogen (secondary N) is 1. The van der Waals surface area contributed by atoms with Gasteiger partial charge in [-0.25, -0.2) is 0 Å². The van der Waals surface area contributed by atoms with Gasteiger partial charge in [0.25, 0.3) is 0 Å². The molecule has 0 radical (unpaired) electrons. The topological polar surface area (TPSA) is 24.5 Å². The summed E-state index contributed by atoms with van der Waals surface area (Å²) in [5.74, 6) is 1.45. The predicted octanol–water partition coefficient (Wildman–Crippen LogP) is 2.37. The zero-order chi connectivity index (χ0) is 13.5. The molecule has 0 saturated heterocycles. The van der Waals surface area contributed by atoms with E-state index < -0.39 is 0 Å². The molecule has 1 fully saturated rings. The first-order valence-corrected chi connectivity index (χ1v) is 7.50. The molecule has 1 unspecified atom stereocenters. The van der Waals surface area contributed by atoms with Crippen molar-refractivity contribution in [3.63, 3.8) is 0 Å². The van der Waals surface area contributed by atoms with Crippen LogP contribution in [0.4, 0.5) is 0 Å². The molecule has 3 heteroatoms. The molecule has 0 aliphatic heterocycles. The minimum absolute atomic E-state index is 0.531. The van der Waals surface area contributed by atoms with Gasteiger partial charge in [-0.1, -0.05) is 27.7 Å². The summed E-state index contributed by atoms with van der Waals surface area (Å²) < 4.78 is 5.42. The molecule has 108 valence electrons. The monoisotopic (exact) mass is 256 g/mol. The van der Waals surface area contributed by atoms with Crippen LogP contribution < -0.4 is 5.32 Å². The van der Waals surface area contributed by atoms with Crippen molar-refractivity contribution in [2.45, 2.75) is 52.6 Å². The highest BCUT2D eigenvalue weighted by Crippen LogP contribution is 2.29. The van der Waals surface area contributed by atoms with Gasteiger partial charge in [0.05, 0.1) is 6.61 Å². The SMILES string of the molecule is COCC(CNCC(C)C)N(CC(C)C)C1CC1. The zero-order valence-electron chi connectivity index (χ0n) is 12.9. The Morgan fingerprint density at radius 1 is 1.11 bits per heavy atom. The third-order valence-electron chi connectivity index (χ3n) is 3.35. The van der Waals surface area contributed by atoms with Gasteiger partial charge in [0.2, 0.25) is 0 Å². The van der Waals surface area contributed by atoms with E-state index in [1.807, 2.05) is 7.11 Å². The second-order valence-electron chi connectivity index (χ2n) is 6.48. The molecule has 0 heterocycles. The molecule has 0 spiro atoms. The van der Waals surface area contributed by atoms with Gasteiger partial charge in [-0.2, -0.15) is 0 Å². The van der Waals surface area contributed by atoms with Gasteiger partial charge in [0, 0.05) is 32.3 Å². The lowest BCUT2D eigenvalue weighted by Crippen LogP contribution is -2.48. The van der Waals surface area contributed by atoms with E-state index in [2.05, 4.69) is 37.9 Å². The zero-order valence-corrected chi connectivity index (χ0v) is 12.9. The van der Waals surface area contributed by atoms with E-state index in [1.165, 1.54) is 19.4 Å². The maximum atomic E-state index is 5.42. The number of methoxy groups -OCH3 is 1. The fraction of sp³-hybridized carbons (Fsp3) is 1.00. The summed E-state index contributed by atoms with van der Waals surface area (Å²) in [5.41, 5.74) is 0. The van der Waals surface area contributed by atoms with Gasteiger partial charge in [-0.15, -0.1) is 0 Å². The Kier molecular flexibility index (Phi) is 7.20. The minimum Gasteiger partial charge on any atom is -0.383 e. The van der Waals surface area contributed by atoms with E-state index in [0.29, 0.717) is 12.0 Å². The first-order valence-electron chi connectivity index (χ1n) is 7.50. The van der Waals surface area contributed by atoms with Crippen LogP contribution in [-0.2, 0) is 4.74 Å². The van der Waals surface area contributed by atoms with Crippen molar-refractivity contribution in [1.82, 2.24) is 10.2 Å². The van der Waals surface area contributed by atoms with Crippen LogP contribution in [0.15, 0.2) is 0 Å². The Bertz CT molecular complexity index is 215. The molecule has 0 amide bonds. The average Bonchev–Trinajstić information content (AvgIpc) is 3.08. The van der Waals surface area contributed by atoms with Crippen molar-refractivity contribution in [3.05, 3.63) is 0 Å². The lowest BCUT2D eigenvalue weighted by atomic mass is 10.1. The van der Waals surface area contributed by atoms with Crippen molar-refractivity contribution in [1.29, 1.82) is 0 Å². The van der Waals surface area contributed by atoms with Gasteiger partial charge in [-0.05, 0) is 31.2 Å². The highest BCUT2D eigenvalue weighted by Gasteiger charge is 2.33. The van der Waals surface area contributed by atoms with Gasteiger partial charge in [0.1, 0.15) is 0 Å². The van der Waals surface area contributed by atoms with Crippen molar-refractivity contribution in [2.75, 3.05) is 33.4 Å². The van der Waals surface area contributed by atoms with Gasteiger partial charge >= 0.3 is 0 Å². The summed E-state index contributed by atoms with van der Waals surface area (Å²) >= 11 is 0. The molecule has 18 heavy (non-hydrogen) atoms. The Hall–Kier alpha value is -0.120. The summed E-state index contributed by atoms with van der Waals surface area (Å²) in [7, 11) is 1.82. The van der Waals surface area contributed by atoms with Crippen LogP contribution in [0.2, 0.25) is 0 Å². The highest BCUT2D eigenvalue weighted by molar-refractivity contribution is 4.90. The van der Waals surface area contributed by atoms with Crippen molar-refractivity contribution >= 4 is 0 Å². The van der Waals surface area contributed by atoms with Crippen LogP contribution in [0.5, 0.6) is 0 Å². The summed E-state index contributed by atoms with van der Waals surface area (Å²) in [6.45, 7) is 13.3. The summed E-state index contributed by atoms with van der Waals surface area (Å²) in [4.78, 5) is 2.67. The van der Waals surface area contributed by atoms with E-state index in [9.17, 15) is 0 Å². The molecular formula is C15H32N2O. The first-order chi connectivity index (χ1) is 8.54. The third-order valence-corrected chi connectivity index (χ3v) is 3.35. The highest BCUT2D eigenvalue weighted by atomic mass is 16.5. The Labute approximate surface area is 113 Å². The summed E-state index contributed by atoms with van der Waals surface area (Å²) in [5, 5.41) is 3.58. The molecule has 1 saturated carbocycles. The Morgan fingerprint density at radius 3 is 2.22 bits per heavy atom. The van der Waals surface area contributed by atoms with E-state index in [1.54, 1.807) is 0 Å². The summed E-state index contributed by atoms with van der Waals surface area (Å²) in [6, 6.07) is 1.34. The molecule has 1 rings (SSSR count). The van der Waals surface area contributed by atoms with Gasteiger partial charge in [-0.3, -0.25) is 4.90 Å². The number of hydrogen-bond acceptors (Lipinski definition) is 3. The smallest absolute Gasteiger partial charge is 0.0630 e. The summed E-state index contributed by atoms with van der Waals surface area (Å²) in [6.07, 6.45) is 2.74. The largest absolute Gasteiger partial charge is 0.383 e. The molecule has 0 aromatic carbocycles. The van der Waals surface area contributed by atoms with Crippen LogP contribution in [-0.4, -0.2) is 50.3 Å². The van der Waals surface area contributed by atoms with Crippen molar-refractivity contribution < 1.29 is 4.74 Å². The quantitative estimate of drug-likeness (QED) is 0.649. The fourth-order valence-corrected chi connectivity index (χ4v) is 2.43. The van der Waals surface area contributed by atoms with E-state index in [0.717, 1.165) is 31.7 Å². The molecule has 0 aromatic rings. The molecule has 1 aliphatic carbocycles. The number of ether oxygens (including phenoxy) is 1. The molecule has 0 aromatic heterocycles. The van der Waals surface area contributed by atoms with Crippen LogP contribution in [0, 0.1) is 11.8 Å². The number of nitrogens with zero attached hydrogens (tertiary/aromatic N) is 1. The van der Waals surface area contributed by atoms with Crippen LogP contribution in [0.3, 0.4) is 0 Å². The molecule has 3 nitrogen and oxygen atoms in total. The standard InChI is InChI=1S/C15H32N2O/c1-12(2)8-16-9-15(11-18-5)17(10-13(3)4)14-6-7-14/h12-16H,6-11H2,1-5H3. The molecule has 1 atom stereocenters. The lowest BCUT2D eigenvalue weighted by molar-refractivity contribution is 0.0756. The normalized spacial score (nSPS) is 18.0. The first kappa shape index (κ1) is 15.9. The van der Waals surface area contributed by atoms with Gasteiger partial charge in [0.15, 0.2) is 0 Å².